The molecule has 0 bridgehead atoms. The number of nitrogens with two attached hydrogens (primary N) is 1. The van der Waals surface area contributed by atoms with Crippen LogP contribution in [0.1, 0.15) is 5.56 Å². The minimum Gasteiger partial charge on any atom is -0.486 e. The van der Waals surface area contributed by atoms with Crippen LogP contribution in [0.3, 0.4) is 0 Å². The summed E-state index contributed by atoms with van der Waals surface area (Å²) >= 11 is 4.86. The summed E-state index contributed by atoms with van der Waals surface area (Å²) in [5.74, 6) is 0.258. The van der Waals surface area contributed by atoms with Gasteiger partial charge in [0.1, 0.15) is 17.3 Å². The molecule has 0 aliphatic carbocycles. The Labute approximate surface area is 108 Å². The Balaban J connectivity index is 2.55. The molecule has 0 aliphatic heterocycles. The standard InChI is InChI=1S/C12H10F2N2OS/c13-10(14)6-17-11-7-3-1-2-4-9(7)16-5-8(11)12(15)18/h1-5,10H,6H2,(H2,15,18). The van der Waals surface area contributed by atoms with Crippen LogP contribution in [0.5, 0.6) is 5.75 Å². The lowest BCUT2D eigenvalue weighted by molar-refractivity contribution is 0.0825. The highest BCUT2D eigenvalue weighted by atomic mass is 32.1. The Morgan fingerprint density at radius 3 is 2.78 bits per heavy atom. The summed E-state index contributed by atoms with van der Waals surface area (Å²) in [6.07, 6.45) is -1.12. The molecule has 0 radical (unpaired) electrons. The summed E-state index contributed by atoms with van der Waals surface area (Å²) in [5.41, 5.74) is 6.54. The lowest BCUT2D eigenvalue weighted by Crippen LogP contribution is -2.15. The Morgan fingerprint density at radius 2 is 2.11 bits per heavy atom. The highest BCUT2D eigenvalue weighted by Crippen LogP contribution is 2.28. The van der Waals surface area contributed by atoms with Gasteiger partial charge in [-0.3, -0.25) is 4.98 Å². The second-order valence-corrected chi connectivity index (χ2v) is 4.02. The summed E-state index contributed by atoms with van der Waals surface area (Å²) in [4.78, 5) is 4.22. The first-order chi connectivity index (χ1) is 8.59. The van der Waals surface area contributed by atoms with Gasteiger partial charge in [-0.1, -0.05) is 24.4 Å². The molecule has 0 saturated heterocycles. The molecule has 94 valence electrons. The SMILES string of the molecule is NC(=S)c1cnc2ccccc2c1OCC(F)F. The fraction of sp³-hybridized carbons (Fsp3) is 0.167. The molecule has 0 fully saturated rings. The fourth-order valence-electron chi connectivity index (χ4n) is 1.59. The van der Waals surface area contributed by atoms with E-state index in [0.717, 1.165) is 0 Å². The van der Waals surface area contributed by atoms with Crippen LogP contribution in [0.2, 0.25) is 0 Å². The largest absolute Gasteiger partial charge is 0.486 e. The van der Waals surface area contributed by atoms with Crippen molar-refractivity contribution in [3.8, 4) is 5.75 Å². The first-order valence-electron chi connectivity index (χ1n) is 5.18. The van der Waals surface area contributed by atoms with E-state index >= 15 is 0 Å². The minimum absolute atomic E-state index is 0.0671. The molecule has 3 nitrogen and oxygen atoms in total. The zero-order chi connectivity index (χ0) is 13.1. The third-order valence-electron chi connectivity index (χ3n) is 2.35. The van der Waals surface area contributed by atoms with E-state index in [0.29, 0.717) is 16.5 Å². The van der Waals surface area contributed by atoms with Gasteiger partial charge in [-0.2, -0.15) is 0 Å². The van der Waals surface area contributed by atoms with Gasteiger partial charge in [0.05, 0.1) is 11.1 Å². The van der Waals surface area contributed by atoms with Gasteiger partial charge >= 0.3 is 0 Å². The smallest absolute Gasteiger partial charge is 0.272 e. The van der Waals surface area contributed by atoms with Gasteiger partial charge in [0.25, 0.3) is 6.43 Å². The molecule has 2 N–H and O–H groups in total. The number of pyridine rings is 1. The number of hydrogen-bond acceptors (Lipinski definition) is 3. The highest BCUT2D eigenvalue weighted by molar-refractivity contribution is 7.80. The Kier molecular flexibility index (Phi) is 3.66. The van der Waals surface area contributed by atoms with Crippen LogP contribution in [0.25, 0.3) is 10.9 Å². The molecule has 0 unspecified atom stereocenters. The molecule has 0 aliphatic rings. The van der Waals surface area contributed by atoms with Crippen molar-refractivity contribution in [3.05, 3.63) is 36.0 Å². The van der Waals surface area contributed by atoms with E-state index in [-0.39, 0.29) is 10.7 Å². The molecule has 0 spiro atoms. The number of halogens is 2. The van der Waals surface area contributed by atoms with Crippen LogP contribution < -0.4 is 10.5 Å². The number of ether oxygens (including phenoxy) is 1. The van der Waals surface area contributed by atoms with Gasteiger partial charge in [-0.15, -0.1) is 0 Å². The lowest BCUT2D eigenvalue weighted by atomic mass is 10.1. The normalized spacial score (nSPS) is 10.8. The number of nitrogens with zero attached hydrogens (tertiary/aromatic N) is 1. The molecule has 0 amide bonds. The third-order valence-corrected chi connectivity index (χ3v) is 2.57. The molecule has 1 heterocycles. The van der Waals surface area contributed by atoms with Crippen LogP contribution in [0.15, 0.2) is 30.5 Å². The second-order valence-electron chi connectivity index (χ2n) is 3.58. The van der Waals surface area contributed by atoms with Gasteiger partial charge in [0.15, 0.2) is 0 Å². The lowest BCUT2D eigenvalue weighted by Gasteiger charge is -2.12. The molecule has 2 rings (SSSR count). The van der Waals surface area contributed by atoms with Crippen molar-refractivity contribution < 1.29 is 13.5 Å². The number of alkyl halides is 2. The van der Waals surface area contributed by atoms with Gasteiger partial charge in [-0.05, 0) is 12.1 Å². The van der Waals surface area contributed by atoms with Gasteiger partial charge in [-0.25, -0.2) is 8.78 Å². The first kappa shape index (κ1) is 12.6. The minimum atomic E-state index is -2.56. The second kappa shape index (κ2) is 5.22. The monoisotopic (exact) mass is 268 g/mol. The molecule has 18 heavy (non-hydrogen) atoms. The Hall–Kier alpha value is -1.82. The number of benzene rings is 1. The maximum Gasteiger partial charge on any atom is 0.272 e. The van der Waals surface area contributed by atoms with Gasteiger partial charge in [0.2, 0.25) is 0 Å². The number of rotatable bonds is 4. The molecule has 6 heteroatoms. The number of fused-ring (bicyclic) bond motifs is 1. The van der Waals surface area contributed by atoms with Crippen LogP contribution in [0, 0.1) is 0 Å². The van der Waals surface area contributed by atoms with E-state index in [9.17, 15) is 8.78 Å². The van der Waals surface area contributed by atoms with Crippen molar-refractivity contribution in [1.82, 2.24) is 4.98 Å². The van der Waals surface area contributed by atoms with Crippen molar-refractivity contribution >= 4 is 28.1 Å². The Bertz CT molecular complexity index is 589. The predicted molar refractivity (Wildman–Crippen MR) is 69.1 cm³/mol. The van der Waals surface area contributed by atoms with E-state index in [2.05, 4.69) is 4.98 Å². The van der Waals surface area contributed by atoms with E-state index < -0.39 is 13.0 Å². The van der Waals surface area contributed by atoms with Crippen molar-refractivity contribution in [2.75, 3.05) is 6.61 Å². The molecular weight excluding hydrogens is 258 g/mol. The highest BCUT2D eigenvalue weighted by Gasteiger charge is 2.14. The summed E-state index contributed by atoms with van der Waals surface area (Å²) in [7, 11) is 0. The zero-order valence-electron chi connectivity index (χ0n) is 9.27. The van der Waals surface area contributed by atoms with E-state index in [1.165, 1.54) is 6.20 Å². The van der Waals surface area contributed by atoms with Crippen LogP contribution in [-0.2, 0) is 0 Å². The van der Waals surface area contributed by atoms with E-state index in [1.807, 2.05) is 0 Å². The number of thiocarbonyl (C=S) groups is 1. The summed E-state index contributed by atoms with van der Waals surface area (Å²) in [5, 5.41) is 0.614. The Morgan fingerprint density at radius 1 is 1.39 bits per heavy atom. The molecular formula is C12H10F2N2OS. The van der Waals surface area contributed by atoms with E-state index in [1.54, 1.807) is 24.3 Å². The number of hydrogen-bond donors (Lipinski definition) is 1. The third kappa shape index (κ3) is 2.53. The van der Waals surface area contributed by atoms with Crippen LogP contribution >= 0.6 is 12.2 Å². The van der Waals surface area contributed by atoms with Crippen molar-refractivity contribution in [2.45, 2.75) is 6.43 Å². The quantitative estimate of drug-likeness (QED) is 0.866. The molecule has 0 saturated carbocycles. The average Bonchev–Trinajstić information content (AvgIpc) is 2.35. The van der Waals surface area contributed by atoms with Crippen molar-refractivity contribution in [1.29, 1.82) is 0 Å². The zero-order valence-corrected chi connectivity index (χ0v) is 10.1. The predicted octanol–water partition coefficient (Wildman–Crippen LogP) is 2.51. The molecule has 1 aromatic heterocycles. The van der Waals surface area contributed by atoms with Gasteiger partial charge < -0.3 is 10.5 Å². The van der Waals surface area contributed by atoms with Gasteiger partial charge in [0, 0.05) is 11.6 Å². The van der Waals surface area contributed by atoms with Crippen molar-refractivity contribution in [3.63, 3.8) is 0 Å². The molecule has 2 aromatic rings. The number of aromatic nitrogens is 1. The molecule has 0 atom stereocenters. The maximum atomic E-state index is 12.2. The maximum absolute atomic E-state index is 12.2. The van der Waals surface area contributed by atoms with Crippen molar-refractivity contribution in [2.24, 2.45) is 5.73 Å². The number of para-hydroxylation sites is 1. The molecule has 1 aromatic carbocycles. The summed E-state index contributed by atoms with van der Waals surface area (Å²) in [6, 6.07) is 7.05. The summed E-state index contributed by atoms with van der Waals surface area (Å²) < 4.78 is 29.6. The van der Waals surface area contributed by atoms with Crippen LogP contribution in [0.4, 0.5) is 8.78 Å². The fourth-order valence-corrected chi connectivity index (χ4v) is 1.74. The van der Waals surface area contributed by atoms with Crippen LogP contribution in [-0.4, -0.2) is 23.0 Å². The van der Waals surface area contributed by atoms with E-state index in [4.69, 9.17) is 22.7 Å². The first-order valence-corrected chi connectivity index (χ1v) is 5.59. The topological polar surface area (TPSA) is 48.1 Å². The summed E-state index contributed by atoms with van der Waals surface area (Å²) in [6.45, 7) is -0.705. The average molecular weight is 268 g/mol.